The molecule has 1 atom stereocenters. The lowest BCUT2D eigenvalue weighted by Gasteiger charge is -2.20. The lowest BCUT2D eigenvalue weighted by Crippen LogP contribution is -2.29. The smallest absolute Gasteiger partial charge is 0.147 e. The summed E-state index contributed by atoms with van der Waals surface area (Å²) in [7, 11) is -2.92. The molecule has 1 aromatic rings. The Kier molecular flexibility index (Phi) is 6.50. The zero-order chi connectivity index (χ0) is 14.5. The van der Waals surface area contributed by atoms with Crippen molar-refractivity contribution in [1.82, 2.24) is 5.32 Å². The maximum atomic E-state index is 11.4. The summed E-state index contributed by atoms with van der Waals surface area (Å²) in [6.07, 6.45) is 1.93. The molecule has 0 spiro atoms. The molecule has 0 saturated carbocycles. The van der Waals surface area contributed by atoms with Gasteiger partial charge in [0, 0.05) is 23.3 Å². The SMILES string of the molecule is CC(C)NCC(CCS(C)(=O)=O)c1ccccc1Br. The Hall–Kier alpha value is -0.390. The number of nitrogens with one attached hydrogen (secondary N) is 1. The third-order valence-corrected chi connectivity index (χ3v) is 4.65. The predicted molar refractivity (Wildman–Crippen MR) is 84.3 cm³/mol. The number of benzene rings is 1. The molecule has 0 aliphatic heterocycles. The van der Waals surface area contributed by atoms with Gasteiger partial charge in [0.05, 0.1) is 5.75 Å². The van der Waals surface area contributed by atoms with E-state index in [0.29, 0.717) is 12.5 Å². The van der Waals surface area contributed by atoms with Crippen molar-refractivity contribution in [1.29, 1.82) is 0 Å². The Bertz CT molecular complexity index is 500. The summed E-state index contributed by atoms with van der Waals surface area (Å²) in [5, 5.41) is 3.39. The molecule has 0 fully saturated rings. The van der Waals surface area contributed by atoms with Crippen molar-refractivity contribution in [2.75, 3.05) is 18.6 Å². The van der Waals surface area contributed by atoms with E-state index in [9.17, 15) is 8.42 Å². The Morgan fingerprint density at radius 1 is 1.26 bits per heavy atom. The van der Waals surface area contributed by atoms with Crippen LogP contribution in [0.15, 0.2) is 28.7 Å². The molecule has 3 nitrogen and oxygen atoms in total. The fraction of sp³-hybridized carbons (Fsp3) is 0.571. The molecule has 19 heavy (non-hydrogen) atoms. The summed E-state index contributed by atoms with van der Waals surface area (Å²) >= 11 is 3.55. The van der Waals surface area contributed by atoms with E-state index in [1.165, 1.54) is 11.8 Å². The van der Waals surface area contributed by atoms with E-state index in [4.69, 9.17) is 0 Å². The van der Waals surface area contributed by atoms with Gasteiger partial charge in [-0.15, -0.1) is 0 Å². The average molecular weight is 348 g/mol. The van der Waals surface area contributed by atoms with Crippen LogP contribution in [-0.4, -0.2) is 33.0 Å². The van der Waals surface area contributed by atoms with Crippen molar-refractivity contribution in [2.45, 2.75) is 32.2 Å². The molecule has 1 N–H and O–H groups in total. The Morgan fingerprint density at radius 2 is 1.89 bits per heavy atom. The first-order chi connectivity index (χ1) is 8.79. The molecule has 0 radical (unpaired) electrons. The summed E-state index contributed by atoms with van der Waals surface area (Å²) in [4.78, 5) is 0. The topological polar surface area (TPSA) is 46.2 Å². The van der Waals surface area contributed by atoms with E-state index in [0.717, 1.165) is 11.0 Å². The molecule has 108 valence electrons. The molecule has 5 heteroatoms. The first kappa shape index (κ1) is 16.7. The van der Waals surface area contributed by atoms with Gasteiger partial charge in [-0.05, 0) is 24.0 Å². The number of rotatable bonds is 7. The van der Waals surface area contributed by atoms with Crippen molar-refractivity contribution in [3.05, 3.63) is 34.3 Å². The van der Waals surface area contributed by atoms with E-state index >= 15 is 0 Å². The average Bonchev–Trinajstić information content (AvgIpc) is 2.29. The molecule has 0 aliphatic carbocycles. The summed E-state index contributed by atoms with van der Waals surface area (Å²) in [5.74, 6) is 0.423. The molecule has 0 saturated heterocycles. The first-order valence-corrected chi connectivity index (χ1v) is 9.30. The molecular formula is C14H22BrNO2S. The molecule has 0 heterocycles. The highest BCUT2D eigenvalue weighted by Gasteiger charge is 2.17. The van der Waals surface area contributed by atoms with Crippen molar-refractivity contribution < 1.29 is 8.42 Å². The Labute approximate surface area is 124 Å². The van der Waals surface area contributed by atoms with Gasteiger partial charge < -0.3 is 5.32 Å². The largest absolute Gasteiger partial charge is 0.314 e. The van der Waals surface area contributed by atoms with Crippen LogP contribution in [0.2, 0.25) is 0 Å². The van der Waals surface area contributed by atoms with Gasteiger partial charge in [-0.3, -0.25) is 0 Å². The highest BCUT2D eigenvalue weighted by molar-refractivity contribution is 9.10. The van der Waals surface area contributed by atoms with E-state index in [1.54, 1.807) is 0 Å². The second-order valence-electron chi connectivity index (χ2n) is 5.20. The first-order valence-electron chi connectivity index (χ1n) is 6.45. The van der Waals surface area contributed by atoms with Crippen LogP contribution in [0.3, 0.4) is 0 Å². The number of hydrogen-bond acceptors (Lipinski definition) is 3. The van der Waals surface area contributed by atoms with Gasteiger partial charge in [-0.1, -0.05) is 48.0 Å². The zero-order valence-electron chi connectivity index (χ0n) is 11.7. The molecule has 0 aromatic heterocycles. The van der Waals surface area contributed by atoms with E-state index in [1.807, 2.05) is 18.2 Å². The maximum absolute atomic E-state index is 11.4. The minimum Gasteiger partial charge on any atom is -0.314 e. The summed E-state index contributed by atoms with van der Waals surface area (Å²) < 4.78 is 23.8. The van der Waals surface area contributed by atoms with Crippen LogP contribution >= 0.6 is 15.9 Å². The quantitative estimate of drug-likeness (QED) is 0.824. The van der Waals surface area contributed by atoms with Crippen molar-refractivity contribution in [2.24, 2.45) is 0 Å². The monoisotopic (exact) mass is 347 g/mol. The van der Waals surface area contributed by atoms with Crippen LogP contribution in [0.1, 0.15) is 31.7 Å². The minimum atomic E-state index is -2.92. The molecule has 1 unspecified atom stereocenters. The van der Waals surface area contributed by atoms with Crippen LogP contribution in [0.4, 0.5) is 0 Å². The maximum Gasteiger partial charge on any atom is 0.147 e. The highest BCUT2D eigenvalue weighted by atomic mass is 79.9. The molecular weight excluding hydrogens is 326 g/mol. The number of hydrogen-bond donors (Lipinski definition) is 1. The lowest BCUT2D eigenvalue weighted by molar-refractivity contribution is 0.516. The molecule has 1 aromatic carbocycles. The van der Waals surface area contributed by atoms with E-state index in [-0.39, 0.29) is 11.7 Å². The van der Waals surface area contributed by atoms with Gasteiger partial charge >= 0.3 is 0 Å². The number of sulfone groups is 1. The van der Waals surface area contributed by atoms with Gasteiger partial charge in [-0.25, -0.2) is 8.42 Å². The van der Waals surface area contributed by atoms with Gasteiger partial charge in [0.2, 0.25) is 0 Å². The van der Waals surface area contributed by atoms with Gasteiger partial charge in [0.1, 0.15) is 9.84 Å². The van der Waals surface area contributed by atoms with E-state index in [2.05, 4.69) is 41.2 Å². The fourth-order valence-electron chi connectivity index (χ4n) is 1.91. The molecule has 0 bridgehead atoms. The predicted octanol–water partition coefficient (Wildman–Crippen LogP) is 2.97. The Balaban J connectivity index is 2.83. The van der Waals surface area contributed by atoms with Gasteiger partial charge in [0.15, 0.2) is 0 Å². The lowest BCUT2D eigenvalue weighted by atomic mass is 9.96. The fourth-order valence-corrected chi connectivity index (χ4v) is 3.23. The summed E-state index contributed by atoms with van der Waals surface area (Å²) in [6.45, 7) is 4.97. The van der Waals surface area contributed by atoms with Crippen molar-refractivity contribution in [3.63, 3.8) is 0 Å². The Morgan fingerprint density at radius 3 is 2.42 bits per heavy atom. The third kappa shape index (κ3) is 6.54. The van der Waals surface area contributed by atoms with Crippen molar-refractivity contribution >= 4 is 25.8 Å². The second-order valence-corrected chi connectivity index (χ2v) is 8.31. The normalized spacial score (nSPS) is 13.7. The van der Waals surface area contributed by atoms with Crippen LogP contribution in [-0.2, 0) is 9.84 Å². The molecule has 0 amide bonds. The summed E-state index contributed by atoms with van der Waals surface area (Å²) in [5.41, 5.74) is 1.17. The number of halogens is 1. The molecule has 1 rings (SSSR count). The second kappa shape index (κ2) is 7.41. The van der Waals surface area contributed by atoms with Crippen LogP contribution in [0, 0.1) is 0 Å². The third-order valence-electron chi connectivity index (χ3n) is 2.95. The standard InChI is InChI=1S/C14H22BrNO2S/c1-11(2)16-10-12(8-9-19(3,17)18)13-6-4-5-7-14(13)15/h4-7,11-12,16H,8-10H2,1-3H3. The summed E-state index contributed by atoms with van der Waals surface area (Å²) in [6, 6.07) is 8.40. The van der Waals surface area contributed by atoms with Crippen LogP contribution in [0.25, 0.3) is 0 Å². The molecule has 0 aliphatic rings. The highest BCUT2D eigenvalue weighted by Crippen LogP contribution is 2.27. The zero-order valence-corrected chi connectivity index (χ0v) is 14.1. The van der Waals surface area contributed by atoms with Gasteiger partial charge in [-0.2, -0.15) is 0 Å². The minimum absolute atomic E-state index is 0.202. The van der Waals surface area contributed by atoms with E-state index < -0.39 is 9.84 Å². The van der Waals surface area contributed by atoms with Crippen molar-refractivity contribution in [3.8, 4) is 0 Å². The van der Waals surface area contributed by atoms with Gasteiger partial charge in [0.25, 0.3) is 0 Å². The van der Waals surface area contributed by atoms with Crippen LogP contribution in [0.5, 0.6) is 0 Å². The van der Waals surface area contributed by atoms with Crippen LogP contribution < -0.4 is 5.32 Å².